The van der Waals surface area contributed by atoms with E-state index in [2.05, 4.69) is 40.9 Å². The first-order valence-corrected chi connectivity index (χ1v) is 9.04. The third-order valence-electron chi connectivity index (χ3n) is 3.57. The van der Waals surface area contributed by atoms with Crippen LogP contribution in [0.1, 0.15) is 25.3 Å². The Morgan fingerprint density at radius 1 is 1.30 bits per heavy atom. The Labute approximate surface area is 128 Å². The van der Waals surface area contributed by atoms with Gasteiger partial charge in [0.2, 0.25) is 0 Å². The molecule has 1 aromatic carbocycles. The summed E-state index contributed by atoms with van der Waals surface area (Å²) in [4.78, 5) is 0. The van der Waals surface area contributed by atoms with Crippen LogP contribution in [-0.2, 0) is 10.5 Å². The zero-order valence-corrected chi connectivity index (χ0v) is 13.3. The topological polar surface area (TPSA) is 22.1 Å². The van der Waals surface area contributed by atoms with Crippen molar-refractivity contribution in [3.05, 3.63) is 41.3 Å². The van der Waals surface area contributed by atoms with Gasteiger partial charge in [0.15, 0.2) is 0 Å². The highest BCUT2D eigenvalue weighted by Crippen LogP contribution is 2.29. The molecule has 2 atom stereocenters. The summed E-state index contributed by atoms with van der Waals surface area (Å²) in [5.74, 6) is 2.11. The van der Waals surface area contributed by atoms with Gasteiger partial charge in [-0.1, -0.05) is 30.3 Å². The molecule has 2 unspecified atom stereocenters. The molecule has 0 spiro atoms. The molecule has 2 aromatic rings. The van der Waals surface area contributed by atoms with Gasteiger partial charge in [-0.3, -0.25) is 0 Å². The maximum absolute atomic E-state index is 5.86. The standard InChI is InChI=1S/C16H19NOS2/c1-12-7-8-15(18-12)11-19-9-14-10-20-17-16(14)13-5-3-2-4-6-13/h2-6,10,12,15H,7-9,11H2,1H3. The molecule has 0 radical (unpaired) electrons. The number of nitrogens with zero attached hydrogens (tertiary/aromatic N) is 1. The van der Waals surface area contributed by atoms with E-state index in [0.29, 0.717) is 12.2 Å². The average molecular weight is 305 g/mol. The van der Waals surface area contributed by atoms with E-state index in [0.717, 1.165) is 17.2 Å². The number of rotatable bonds is 5. The molecule has 0 N–H and O–H groups in total. The average Bonchev–Trinajstić information content (AvgIpc) is 3.09. The van der Waals surface area contributed by atoms with Crippen molar-refractivity contribution in [1.82, 2.24) is 4.37 Å². The maximum atomic E-state index is 5.86. The van der Waals surface area contributed by atoms with Crippen molar-refractivity contribution in [3.63, 3.8) is 0 Å². The van der Waals surface area contributed by atoms with E-state index < -0.39 is 0 Å². The van der Waals surface area contributed by atoms with Crippen LogP contribution >= 0.6 is 23.3 Å². The van der Waals surface area contributed by atoms with Crippen LogP contribution in [0.25, 0.3) is 11.3 Å². The van der Waals surface area contributed by atoms with Crippen LogP contribution < -0.4 is 0 Å². The van der Waals surface area contributed by atoms with Crippen LogP contribution in [0.5, 0.6) is 0 Å². The number of ether oxygens (including phenoxy) is 1. The number of benzene rings is 1. The fourth-order valence-electron chi connectivity index (χ4n) is 2.50. The third-order valence-corrected chi connectivity index (χ3v) is 5.37. The Hall–Kier alpha value is -0.840. The Morgan fingerprint density at radius 2 is 2.15 bits per heavy atom. The third kappa shape index (κ3) is 3.43. The van der Waals surface area contributed by atoms with Gasteiger partial charge in [-0.15, -0.1) is 0 Å². The van der Waals surface area contributed by atoms with E-state index in [4.69, 9.17) is 4.74 Å². The normalized spacial score (nSPS) is 22.2. The van der Waals surface area contributed by atoms with E-state index in [-0.39, 0.29) is 0 Å². The maximum Gasteiger partial charge on any atom is 0.0880 e. The SMILES string of the molecule is CC1CCC(CSCc2csnc2-c2ccccc2)O1. The van der Waals surface area contributed by atoms with Gasteiger partial charge in [0.05, 0.1) is 17.9 Å². The van der Waals surface area contributed by atoms with Crippen molar-refractivity contribution < 1.29 is 4.74 Å². The molecule has 0 amide bonds. The van der Waals surface area contributed by atoms with Gasteiger partial charge in [-0.2, -0.15) is 16.1 Å². The molecule has 0 bridgehead atoms. The van der Waals surface area contributed by atoms with Crippen molar-refractivity contribution in [2.75, 3.05) is 5.75 Å². The summed E-state index contributed by atoms with van der Waals surface area (Å²) < 4.78 is 10.4. The van der Waals surface area contributed by atoms with Gasteiger partial charge in [-0.25, -0.2) is 0 Å². The van der Waals surface area contributed by atoms with Crippen LogP contribution in [0.3, 0.4) is 0 Å². The lowest BCUT2D eigenvalue weighted by Crippen LogP contribution is -2.10. The molecule has 0 aliphatic carbocycles. The molecule has 3 rings (SSSR count). The quantitative estimate of drug-likeness (QED) is 0.805. The lowest BCUT2D eigenvalue weighted by Gasteiger charge is -2.10. The summed E-state index contributed by atoms with van der Waals surface area (Å²) in [6.07, 6.45) is 3.31. The van der Waals surface area contributed by atoms with Crippen LogP contribution in [0.4, 0.5) is 0 Å². The minimum Gasteiger partial charge on any atom is -0.374 e. The van der Waals surface area contributed by atoms with Gasteiger partial charge in [-0.05, 0) is 31.3 Å². The van der Waals surface area contributed by atoms with Crippen molar-refractivity contribution in [2.24, 2.45) is 0 Å². The summed E-state index contributed by atoms with van der Waals surface area (Å²) in [7, 11) is 0. The number of aromatic nitrogens is 1. The minimum atomic E-state index is 0.446. The zero-order chi connectivity index (χ0) is 13.8. The fourth-order valence-corrected chi connectivity index (χ4v) is 4.38. The number of hydrogen-bond donors (Lipinski definition) is 0. The highest BCUT2D eigenvalue weighted by molar-refractivity contribution is 7.98. The molecule has 1 aliphatic rings. The molecule has 20 heavy (non-hydrogen) atoms. The molecule has 1 aromatic heterocycles. The molecule has 1 fully saturated rings. The second-order valence-electron chi connectivity index (χ2n) is 5.22. The van der Waals surface area contributed by atoms with E-state index in [1.165, 1.54) is 24.0 Å². The summed E-state index contributed by atoms with van der Waals surface area (Å²) >= 11 is 3.51. The first kappa shape index (κ1) is 14.1. The van der Waals surface area contributed by atoms with E-state index in [1.807, 2.05) is 17.8 Å². The monoisotopic (exact) mass is 305 g/mol. The summed E-state index contributed by atoms with van der Waals surface area (Å²) in [6.45, 7) is 2.17. The Balaban J connectivity index is 1.57. The predicted octanol–water partition coefficient (Wildman–Crippen LogP) is 4.61. The minimum absolute atomic E-state index is 0.446. The van der Waals surface area contributed by atoms with Crippen molar-refractivity contribution in [1.29, 1.82) is 0 Å². The van der Waals surface area contributed by atoms with Crippen molar-refractivity contribution in [3.8, 4) is 11.3 Å². The van der Waals surface area contributed by atoms with Crippen LogP contribution in [-0.4, -0.2) is 22.3 Å². The van der Waals surface area contributed by atoms with Crippen LogP contribution in [0.2, 0.25) is 0 Å². The Kier molecular flexibility index (Phi) is 4.76. The van der Waals surface area contributed by atoms with Gasteiger partial charge in [0, 0.05) is 28.0 Å². The zero-order valence-electron chi connectivity index (χ0n) is 11.6. The molecule has 4 heteroatoms. The predicted molar refractivity (Wildman–Crippen MR) is 87.3 cm³/mol. The largest absolute Gasteiger partial charge is 0.374 e. The van der Waals surface area contributed by atoms with E-state index >= 15 is 0 Å². The fraction of sp³-hybridized carbons (Fsp3) is 0.438. The summed E-state index contributed by atoms with van der Waals surface area (Å²) in [6, 6.07) is 10.4. The first-order valence-electron chi connectivity index (χ1n) is 7.05. The highest BCUT2D eigenvalue weighted by Gasteiger charge is 2.21. The van der Waals surface area contributed by atoms with Crippen LogP contribution in [0.15, 0.2) is 35.7 Å². The molecule has 106 valence electrons. The molecule has 1 saturated heterocycles. The summed E-state index contributed by atoms with van der Waals surface area (Å²) in [5, 5.41) is 2.17. The number of hydrogen-bond acceptors (Lipinski definition) is 4. The van der Waals surface area contributed by atoms with E-state index in [1.54, 1.807) is 11.5 Å². The van der Waals surface area contributed by atoms with Crippen LogP contribution in [0, 0.1) is 0 Å². The lowest BCUT2D eigenvalue weighted by molar-refractivity contribution is 0.0700. The molecule has 2 heterocycles. The second-order valence-corrected chi connectivity index (χ2v) is 6.87. The molecule has 0 saturated carbocycles. The second kappa shape index (κ2) is 6.74. The molecular formula is C16H19NOS2. The summed E-state index contributed by atoms with van der Waals surface area (Å²) in [5.41, 5.74) is 3.70. The van der Waals surface area contributed by atoms with Gasteiger partial charge in [0.1, 0.15) is 0 Å². The van der Waals surface area contributed by atoms with Gasteiger partial charge >= 0.3 is 0 Å². The first-order chi connectivity index (χ1) is 9.83. The molecule has 1 aliphatic heterocycles. The van der Waals surface area contributed by atoms with Crippen molar-refractivity contribution in [2.45, 2.75) is 37.7 Å². The van der Waals surface area contributed by atoms with Crippen molar-refractivity contribution >= 4 is 23.3 Å². The van der Waals surface area contributed by atoms with Gasteiger partial charge < -0.3 is 4.74 Å². The number of thioether (sulfide) groups is 1. The Bertz CT molecular complexity index is 540. The molecule has 2 nitrogen and oxygen atoms in total. The van der Waals surface area contributed by atoms with E-state index in [9.17, 15) is 0 Å². The smallest absolute Gasteiger partial charge is 0.0880 e. The Morgan fingerprint density at radius 3 is 2.90 bits per heavy atom. The lowest BCUT2D eigenvalue weighted by atomic mass is 10.1. The van der Waals surface area contributed by atoms with Gasteiger partial charge in [0.25, 0.3) is 0 Å². The molecular weight excluding hydrogens is 286 g/mol. The highest BCUT2D eigenvalue weighted by atomic mass is 32.2.